The highest BCUT2D eigenvalue weighted by molar-refractivity contribution is 6.00. The monoisotopic (exact) mass is 317 g/mol. The minimum absolute atomic E-state index is 0. The van der Waals surface area contributed by atoms with Crippen LogP contribution >= 0.6 is 12.4 Å². The van der Waals surface area contributed by atoms with Gasteiger partial charge in [0.2, 0.25) is 0 Å². The molecule has 118 valence electrons. The minimum atomic E-state index is -0.298. The van der Waals surface area contributed by atoms with Gasteiger partial charge >= 0.3 is 0 Å². The third kappa shape index (κ3) is 5.28. The van der Waals surface area contributed by atoms with E-state index >= 15 is 0 Å². The Morgan fingerprint density at radius 2 is 1.45 bits per heavy atom. The van der Waals surface area contributed by atoms with Crippen LogP contribution in [0.5, 0.6) is 0 Å². The van der Waals surface area contributed by atoms with Crippen molar-refractivity contribution in [3.63, 3.8) is 0 Å². The van der Waals surface area contributed by atoms with E-state index in [4.69, 9.17) is 0 Å². The van der Waals surface area contributed by atoms with Crippen molar-refractivity contribution in [3.8, 4) is 0 Å². The molecule has 22 heavy (non-hydrogen) atoms. The van der Waals surface area contributed by atoms with Crippen LogP contribution < -0.4 is 5.32 Å². The maximum absolute atomic E-state index is 12.8. The van der Waals surface area contributed by atoms with Gasteiger partial charge in [0.05, 0.1) is 6.04 Å². The molecule has 0 spiro atoms. The van der Waals surface area contributed by atoms with E-state index in [-0.39, 0.29) is 29.6 Å². The summed E-state index contributed by atoms with van der Waals surface area (Å²) in [7, 11) is 0. The lowest BCUT2D eigenvalue weighted by Gasteiger charge is -2.24. The number of hydrogen-bond donors (Lipinski definition) is 1. The first-order valence-corrected chi connectivity index (χ1v) is 7.35. The van der Waals surface area contributed by atoms with Gasteiger partial charge < -0.3 is 5.32 Å². The fraction of sp³-hybridized carbons (Fsp3) is 0.316. The summed E-state index contributed by atoms with van der Waals surface area (Å²) in [6.45, 7) is 7.27. The summed E-state index contributed by atoms with van der Waals surface area (Å²) in [5.74, 6) is 0.117. The lowest BCUT2D eigenvalue weighted by atomic mass is 9.93. The van der Waals surface area contributed by atoms with Crippen LogP contribution in [0.15, 0.2) is 60.7 Å². The first kappa shape index (κ1) is 18.4. The highest BCUT2D eigenvalue weighted by Crippen LogP contribution is 2.21. The molecule has 0 aliphatic carbocycles. The predicted octanol–water partition coefficient (Wildman–Crippen LogP) is 4.67. The second-order valence-electron chi connectivity index (χ2n) is 6.52. The molecule has 1 atom stereocenters. The molecule has 2 aromatic carbocycles. The minimum Gasteiger partial charge on any atom is -0.303 e. The molecule has 0 heterocycles. The number of rotatable bonds is 5. The van der Waals surface area contributed by atoms with E-state index in [1.807, 2.05) is 60.7 Å². The van der Waals surface area contributed by atoms with Crippen molar-refractivity contribution < 1.29 is 4.79 Å². The second kappa shape index (κ2) is 8.11. The van der Waals surface area contributed by atoms with Gasteiger partial charge in [0, 0.05) is 12.1 Å². The third-order valence-corrected chi connectivity index (χ3v) is 3.29. The lowest BCUT2D eigenvalue weighted by molar-refractivity contribution is 0.0937. The number of nitrogens with one attached hydrogen (secondary N) is 1. The van der Waals surface area contributed by atoms with Crippen molar-refractivity contribution in [3.05, 3.63) is 71.8 Å². The van der Waals surface area contributed by atoms with E-state index < -0.39 is 0 Å². The van der Waals surface area contributed by atoms with Crippen LogP contribution in [-0.2, 0) is 0 Å². The Hall–Kier alpha value is -1.64. The third-order valence-electron chi connectivity index (χ3n) is 3.29. The number of carbonyl (C=O) groups is 1. The molecule has 2 rings (SSSR count). The maximum Gasteiger partial charge on any atom is 0.184 e. The van der Waals surface area contributed by atoms with Gasteiger partial charge in [-0.3, -0.25) is 4.79 Å². The van der Waals surface area contributed by atoms with Gasteiger partial charge in [0.1, 0.15) is 0 Å². The van der Waals surface area contributed by atoms with Gasteiger partial charge in [-0.15, -0.1) is 12.4 Å². The van der Waals surface area contributed by atoms with Gasteiger partial charge in [0.25, 0.3) is 0 Å². The van der Waals surface area contributed by atoms with Crippen molar-refractivity contribution in [1.82, 2.24) is 5.32 Å². The van der Waals surface area contributed by atoms with Gasteiger partial charge in [-0.05, 0) is 11.0 Å². The van der Waals surface area contributed by atoms with Crippen LogP contribution in [-0.4, -0.2) is 12.3 Å². The molecule has 0 aliphatic rings. The van der Waals surface area contributed by atoms with Crippen LogP contribution in [0.1, 0.15) is 42.7 Å². The molecule has 0 saturated carbocycles. The number of halogens is 1. The molecule has 2 aromatic rings. The van der Waals surface area contributed by atoms with Gasteiger partial charge in [-0.2, -0.15) is 0 Å². The van der Waals surface area contributed by atoms with E-state index in [9.17, 15) is 4.79 Å². The first-order chi connectivity index (χ1) is 9.97. The summed E-state index contributed by atoms with van der Waals surface area (Å²) >= 11 is 0. The Morgan fingerprint density at radius 3 is 1.95 bits per heavy atom. The summed E-state index contributed by atoms with van der Waals surface area (Å²) < 4.78 is 0. The molecule has 2 nitrogen and oxygen atoms in total. The quantitative estimate of drug-likeness (QED) is 0.812. The standard InChI is InChI=1S/C19H23NO.ClH/c1-19(2,3)14-20-17(15-10-6-4-7-11-15)18(21)16-12-8-5-9-13-16;/h4-13,17,20H,14H2,1-3H3;1H. The van der Waals surface area contributed by atoms with Crippen LogP contribution in [0, 0.1) is 5.41 Å². The zero-order valence-electron chi connectivity index (χ0n) is 13.4. The lowest BCUT2D eigenvalue weighted by Crippen LogP contribution is -2.35. The molecule has 3 heteroatoms. The molecule has 1 unspecified atom stereocenters. The van der Waals surface area contributed by atoms with Crippen LogP contribution in [0.3, 0.4) is 0 Å². The van der Waals surface area contributed by atoms with Gasteiger partial charge in [-0.1, -0.05) is 81.4 Å². The normalized spacial score (nSPS) is 12.3. The number of Topliss-reactive ketones (excluding diaryl/α,β-unsaturated/α-hetero) is 1. The molecule has 0 fully saturated rings. The molecule has 0 bridgehead atoms. The Balaban J connectivity index is 0.00000242. The van der Waals surface area contributed by atoms with E-state index in [1.165, 1.54) is 0 Å². The average molecular weight is 318 g/mol. The highest BCUT2D eigenvalue weighted by Gasteiger charge is 2.23. The zero-order valence-corrected chi connectivity index (χ0v) is 14.2. The average Bonchev–Trinajstić information content (AvgIpc) is 2.48. The van der Waals surface area contributed by atoms with Crippen molar-refractivity contribution in [2.75, 3.05) is 6.54 Å². The SMILES string of the molecule is CC(C)(C)CNC(C(=O)c1ccccc1)c1ccccc1.Cl. The van der Waals surface area contributed by atoms with Crippen LogP contribution in [0.4, 0.5) is 0 Å². The Labute approximate surface area is 139 Å². The van der Waals surface area contributed by atoms with Crippen molar-refractivity contribution >= 4 is 18.2 Å². The summed E-state index contributed by atoms with van der Waals surface area (Å²) in [5.41, 5.74) is 1.88. The molecular weight excluding hydrogens is 294 g/mol. The Morgan fingerprint density at radius 1 is 0.955 bits per heavy atom. The smallest absolute Gasteiger partial charge is 0.184 e. The summed E-state index contributed by atoms with van der Waals surface area (Å²) in [4.78, 5) is 12.8. The Bertz CT molecular complexity index is 575. The number of carbonyl (C=O) groups excluding carboxylic acids is 1. The van der Waals surface area contributed by atoms with E-state index in [0.717, 1.165) is 17.7 Å². The predicted molar refractivity (Wildman–Crippen MR) is 94.7 cm³/mol. The fourth-order valence-electron chi connectivity index (χ4n) is 2.18. The molecule has 0 amide bonds. The number of ketones is 1. The topological polar surface area (TPSA) is 29.1 Å². The van der Waals surface area contributed by atoms with E-state index in [2.05, 4.69) is 26.1 Å². The Kier molecular flexibility index (Phi) is 6.79. The van der Waals surface area contributed by atoms with Crippen molar-refractivity contribution in [2.24, 2.45) is 5.41 Å². The first-order valence-electron chi connectivity index (χ1n) is 7.35. The molecule has 0 radical (unpaired) electrons. The number of hydrogen-bond acceptors (Lipinski definition) is 2. The summed E-state index contributed by atoms with van der Waals surface area (Å²) in [6, 6.07) is 19.1. The van der Waals surface area contributed by atoms with Crippen LogP contribution in [0.2, 0.25) is 0 Å². The van der Waals surface area contributed by atoms with Crippen molar-refractivity contribution in [1.29, 1.82) is 0 Å². The maximum atomic E-state index is 12.8. The van der Waals surface area contributed by atoms with Gasteiger partial charge in [0.15, 0.2) is 5.78 Å². The summed E-state index contributed by atoms with van der Waals surface area (Å²) in [5, 5.41) is 3.42. The van der Waals surface area contributed by atoms with E-state index in [1.54, 1.807) is 0 Å². The molecule has 1 N–H and O–H groups in total. The van der Waals surface area contributed by atoms with Crippen molar-refractivity contribution in [2.45, 2.75) is 26.8 Å². The van der Waals surface area contributed by atoms with Gasteiger partial charge in [-0.25, -0.2) is 0 Å². The van der Waals surface area contributed by atoms with E-state index in [0.29, 0.717) is 0 Å². The molecular formula is C19H24ClNO. The largest absolute Gasteiger partial charge is 0.303 e. The second-order valence-corrected chi connectivity index (χ2v) is 6.52. The molecule has 0 saturated heterocycles. The molecule has 0 aromatic heterocycles. The summed E-state index contributed by atoms with van der Waals surface area (Å²) in [6.07, 6.45) is 0. The van der Waals surface area contributed by atoms with Crippen LogP contribution in [0.25, 0.3) is 0 Å². The molecule has 0 aliphatic heterocycles. The zero-order chi connectivity index (χ0) is 15.3. The fourth-order valence-corrected chi connectivity index (χ4v) is 2.18. The number of benzene rings is 2. The highest BCUT2D eigenvalue weighted by atomic mass is 35.5.